The maximum Gasteiger partial charge on any atom is 0.140 e. The minimum Gasteiger partial charge on any atom is -0.274 e. The van der Waals surface area contributed by atoms with Gasteiger partial charge in [0.25, 0.3) is 0 Å². The molecule has 0 radical (unpaired) electrons. The van der Waals surface area contributed by atoms with Crippen molar-refractivity contribution < 1.29 is 0 Å². The Balaban J connectivity index is 2.33. The Morgan fingerprint density at radius 1 is 1.14 bits per heavy atom. The van der Waals surface area contributed by atoms with Gasteiger partial charge in [-0.15, -0.1) is 0 Å². The van der Waals surface area contributed by atoms with Crippen molar-refractivity contribution in [1.82, 2.24) is 35.6 Å². The highest BCUT2D eigenvalue weighted by atomic mass is 15.3. The van der Waals surface area contributed by atoms with E-state index in [-0.39, 0.29) is 0 Å². The SMILES string of the molecule is c1ncc2[nH]nc(-c3cn[nH]n3)c2n1. The van der Waals surface area contributed by atoms with E-state index in [1.165, 1.54) is 6.33 Å². The van der Waals surface area contributed by atoms with Crippen LogP contribution in [0.4, 0.5) is 0 Å². The van der Waals surface area contributed by atoms with Gasteiger partial charge in [-0.1, -0.05) is 0 Å². The number of aromatic amines is 2. The largest absolute Gasteiger partial charge is 0.274 e. The van der Waals surface area contributed by atoms with Crippen LogP contribution in [0, 0.1) is 0 Å². The molecule has 0 spiro atoms. The fourth-order valence-corrected chi connectivity index (χ4v) is 1.26. The van der Waals surface area contributed by atoms with Crippen molar-refractivity contribution in [2.24, 2.45) is 0 Å². The van der Waals surface area contributed by atoms with Gasteiger partial charge in [0.1, 0.15) is 28.7 Å². The second kappa shape index (κ2) is 2.59. The van der Waals surface area contributed by atoms with Crippen molar-refractivity contribution in [3.8, 4) is 11.4 Å². The highest BCUT2D eigenvalue weighted by Crippen LogP contribution is 2.20. The van der Waals surface area contributed by atoms with Crippen LogP contribution in [0.1, 0.15) is 0 Å². The molecule has 0 bridgehead atoms. The minimum absolute atomic E-state index is 0.662. The van der Waals surface area contributed by atoms with E-state index < -0.39 is 0 Å². The number of H-pyrrole nitrogens is 2. The van der Waals surface area contributed by atoms with Gasteiger partial charge in [-0.3, -0.25) is 5.10 Å². The van der Waals surface area contributed by atoms with Crippen LogP contribution in [0.15, 0.2) is 18.7 Å². The Kier molecular flexibility index (Phi) is 1.32. The van der Waals surface area contributed by atoms with Crippen molar-refractivity contribution in [2.75, 3.05) is 0 Å². The highest BCUT2D eigenvalue weighted by Gasteiger charge is 2.10. The lowest BCUT2D eigenvalue weighted by Gasteiger charge is -1.87. The van der Waals surface area contributed by atoms with E-state index in [1.54, 1.807) is 12.4 Å². The number of hydrogen-bond acceptors (Lipinski definition) is 5. The first kappa shape index (κ1) is 7.13. The van der Waals surface area contributed by atoms with E-state index in [4.69, 9.17) is 0 Å². The standard InChI is InChI=1S/C7H5N7/c1-4-6(9-3-8-1)7(13-11-4)5-2-10-14-12-5/h1-3H,(H,11,13)(H,10,12,14). The average molecular weight is 187 g/mol. The second-order valence-corrected chi connectivity index (χ2v) is 2.71. The van der Waals surface area contributed by atoms with Crippen molar-refractivity contribution in [3.05, 3.63) is 18.7 Å². The first-order valence-corrected chi connectivity index (χ1v) is 3.95. The average Bonchev–Trinajstić information content (AvgIpc) is 2.85. The predicted octanol–water partition coefficient (Wildman–Crippen LogP) is 0.138. The Hall–Kier alpha value is -2.31. The van der Waals surface area contributed by atoms with Crippen molar-refractivity contribution >= 4 is 11.0 Å². The molecule has 0 unspecified atom stereocenters. The normalized spacial score (nSPS) is 10.9. The third-order valence-corrected chi connectivity index (χ3v) is 1.88. The Morgan fingerprint density at radius 2 is 2.14 bits per heavy atom. The summed E-state index contributed by atoms with van der Waals surface area (Å²) in [5.74, 6) is 0. The van der Waals surface area contributed by atoms with Crippen molar-refractivity contribution in [2.45, 2.75) is 0 Å². The molecule has 68 valence electrons. The molecule has 0 saturated heterocycles. The van der Waals surface area contributed by atoms with Crippen molar-refractivity contribution in [3.63, 3.8) is 0 Å². The first-order chi connectivity index (χ1) is 6.95. The lowest BCUT2D eigenvalue weighted by molar-refractivity contribution is 0.940. The number of hydrogen-bond donors (Lipinski definition) is 2. The molecule has 2 N–H and O–H groups in total. The van der Waals surface area contributed by atoms with Gasteiger partial charge in [0.2, 0.25) is 0 Å². The molecule has 3 aromatic heterocycles. The molecule has 3 heterocycles. The molecular formula is C7H5N7. The topological polar surface area (TPSA) is 96.0 Å². The van der Waals surface area contributed by atoms with Crippen molar-refractivity contribution in [1.29, 1.82) is 0 Å². The third-order valence-electron chi connectivity index (χ3n) is 1.88. The summed E-state index contributed by atoms with van der Waals surface area (Å²) in [4.78, 5) is 7.99. The molecule has 0 saturated carbocycles. The molecule has 0 atom stereocenters. The smallest absolute Gasteiger partial charge is 0.140 e. The van der Waals surface area contributed by atoms with Gasteiger partial charge in [-0.05, 0) is 0 Å². The number of nitrogens with one attached hydrogen (secondary N) is 2. The molecular weight excluding hydrogens is 182 g/mol. The van der Waals surface area contributed by atoms with Crippen LogP contribution in [-0.4, -0.2) is 35.6 Å². The second-order valence-electron chi connectivity index (χ2n) is 2.71. The van der Waals surface area contributed by atoms with Crippen LogP contribution in [0.3, 0.4) is 0 Å². The molecule has 0 aliphatic carbocycles. The lowest BCUT2D eigenvalue weighted by atomic mass is 10.3. The zero-order valence-electron chi connectivity index (χ0n) is 6.97. The quantitative estimate of drug-likeness (QED) is 0.564. The summed E-state index contributed by atoms with van der Waals surface area (Å²) < 4.78 is 0. The Morgan fingerprint density at radius 3 is 3.00 bits per heavy atom. The lowest BCUT2D eigenvalue weighted by Crippen LogP contribution is -1.81. The number of aromatic nitrogens is 7. The zero-order chi connectivity index (χ0) is 9.38. The van der Waals surface area contributed by atoms with Crippen LogP contribution in [0.2, 0.25) is 0 Å². The molecule has 3 rings (SSSR count). The van der Waals surface area contributed by atoms with E-state index in [2.05, 4.69) is 35.6 Å². The first-order valence-electron chi connectivity index (χ1n) is 3.95. The van der Waals surface area contributed by atoms with E-state index in [0.717, 1.165) is 11.0 Å². The fraction of sp³-hybridized carbons (Fsp3) is 0. The summed E-state index contributed by atoms with van der Waals surface area (Å²) in [6, 6.07) is 0. The summed E-state index contributed by atoms with van der Waals surface area (Å²) in [6.45, 7) is 0. The molecule has 0 amide bonds. The summed E-state index contributed by atoms with van der Waals surface area (Å²) in [7, 11) is 0. The fourth-order valence-electron chi connectivity index (χ4n) is 1.26. The third kappa shape index (κ3) is 0.889. The van der Waals surface area contributed by atoms with Gasteiger partial charge in [0, 0.05) is 0 Å². The summed E-state index contributed by atoms with van der Waals surface area (Å²) in [5, 5.41) is 17.1. The summed E-state index contributed by atoms with van der Waals surface area (Å²) in [5.41, 5.74) is 2.87. The molecule has 7 heteroatoms. The number of rotatable bonds is 1. The molecule has 14 heavy (non-hydrogen) atoms. The minimum atomic E-state index is 0.662. The van der Waals surface area contributed by atoms with E-state index >= 15 is 0 Å². The van der Waals surface area contributed by atoms with Gasteiger partial charge < -0.3 is 0 Å². The zero-order valence-corrected chi connectivity index (χ0v) is 6.97. The molecule has 0 aliphatic rings. The number of nitrogens with zero attached hydrogens (tertiary/aromatic N) is 5. The molecule has 0 fully saturated rings. The van der Waals surface area contributed by atoms with Gasteiger partial charge in [-0.2, -0.15) is 20.5 Å². The Labute approximate surface area is 77.6 Å². The van der Waals surface area contributed by atoms with Crippen LogP contribution in [0.25, 0.3) is 22.4 Å². The summed E-state index contributed by atoms with van der Waals surface area (Å²) >= 11 is 0. The molecule has 7 nitrogen and oxygen atoms in total. The van der Waals surface area contributed by atoms with E-state index in [0.29, 0.717) is 11.4 Å². The Bertz CT molecular complexity index is 552. The molecule has 3 aromatic rings. The monoisotopic (exact) mass is 187 g/mol. The van der Waals surface area contributed by atoms with Gasteiger partial charge >= 0.3 is 0 Å². The van der Waals surface area contributed by atoms with Crippen LogP contribution in [-0.2, 0) is 0 Å². The van der Waals surface area contributed by atoms with Crippen LogP contribution in [0.5, 0.6) is 0 Å². The highest BCUT2D eigenvalue weighted by molar-refractivity contribution is 5.87. The molecule has 0 aliphatic heterocycles. The van der Waals surface area contributed by atoms with E-state index in [9.17, 15) is 0 Å². The molecule has 0 aromatic carbocycles. The van der Waals surface area contributed by atoms with Crippen LogP contribution < -0.4 is 0 Å². The van der Waals surface area contributed by atoms with Gasteiger partial charge in [-0.25, -0.2) is 9.97 Å². The van der Waals surface area contributed by atoms with Crippen LogP contribution >= 0.6 is 0 Å². The number of fused-ring (bicyclic) bond motifs is 1. The maximum atomic E-state index is 4.11. The van der Waals surface area contributed by atoms with Gasteiger partial charge in [0.15, 0.2) is 0 Å². The van der Waals surface area contributed by atoms with Gasteiger partial charge in [0.05, 0.1) is 12.4 Å². The summed E-state index contributed by atoms with van der Waals surface area (Å²) in [6.07, 6.45) is 4.73. The van der Waals surface area contributed by atoms with E-state index in [1.807, 2.05) is 0 Å². The predicted molar refractivity (Wildman–Crippen MR) is 47.1 cm³/mol. The maximum absolute atomic E-state index is 4.11.